The van der Waals surface area contributed by atoms with Gasteiger partial charge in [-0.3, -0.25) is 4.79 Å². The quantitative estimate of drug-likeness (QED) is 0.788. The average molecular weight is 289 g/mol. The molecule has 110 valence electrons. The summed E-state index contributed by atoms with van der Waals surface area (Å²) in [6.07, 6.45) is 0.864. The van der Waals surface area contributed by atoms with Crippen LogP contribution in [-0.4, -0.2) is 28.6 Å². The number of pyridine rings is 1. The molecule has 5 nitrogen and oxygen atoms in total. The molecule has 2 rings (SSSR count). The molecule has 1 heterocycles. The maximum Gasteiger partial charge on any atom is 0.255 e. The lowest BCUT2D eigenvalue weighted by molar-refractivity contribution is 0.0924. The molecule has 0 spiro atoms. The standard InChI is InChI=1S/C15H16FN3O2/c1-10(20)9-18-15(21)11-5-4-8-17-14(11)19-13-7-3-2-6-12(13)16/h2-8,10,20H,9H2,1H3,(H,17,19)(H,18,21). The van der Waals surface area contributed by atoms with Gasteiger partial charge in [0.1, 0.15) is 11.6 Å². The van der Waals surface area contributed by atoms with Crippen molar-refractivity contribution in [3.05, 3.63) is 54.0 Å². The summed E-state index contributed by atoms with van der Waals surface area (Å²) in [5.74, 6) is -0.563. The van der Waals surface area contributed by atoms with E-state index in [1.54, 1.807) is 37.3 Å². The Morgan fingerprint density at radius 1 is 1.33 bits per heavy atom. The number of aliphatic hydroxyl groups is 1. The summed E-state index contributed by atoms with van der Waals surface area (Å²) < 4.78 is 13.6. The third-order valence-electron chi connectivity index (χ3n) is 2.74. The highest BCUT2D eigenvalue weighted by Gasteiger charge is 2.13. The second-order valence-corrected chi connectivity index (χ2v) is 4.56. The number of aromatic nitrogens is 1. The summed E-state index contributed by atoms with van der Waals surface area (Å²) in [5, 5.41) is 14.6. The second kappa shape index (κ2) is 6.81. The van der Waals surface area contributed by atoms with E-state index in [1.165, 1.54) is 12.3 Å². The average Bonchev–Trinajstić information content (AvgIpc) is 2.47. The van der Waals surface area contributed by atoms with Crippen molar-refractivity contribution in [2.75, 3.05) is 11.9 Å². The smallest absolute Gasteiger partial charge is 0.255 e. The predicted octanol–water partition coefficient (Wildman–Crippen LogP) is 2.07. The first-order valence-corrected chi connectivity index (χ1v) is 6.50. The zero-order valence-electron chi connectivity index (χ0n) is 11.5. The molecule has 0 saturated heterocycles. The molecule has 1 aromatic heterocycles. The van der Waals surface area contributed by atoms with Crippen LogP contribution in [0.25, 0.3) is 0 Å². The monoisotopic (exact) mass is 289 g/mol. The fourth-order valence-electron chi connectivity index (χ4n) is 1.71. The summed E-state index contributed by atoms with van der Waals surface area (Å²) in [6, 6.07) is 9.33. The van der Waals surface area contributed by atoms with Crippen molar-refractivity contribution in [3.63, 3.8) is 0 Å². The second-order valence-electron chi connectivity index (χ2n) is 4.56. The number of hydrogen-bond donors (Lipinski definition) is 3. The van der Waals surface area contributed by atoms with Crippen molar-refractivity contribution in [1.82, 2.24) is 10.3 Å². The predicted molar refractivity (Wildman–Crippen MR) is 77.9 cm³/mol. The Labute approximate surface area is 121 Å². The third-order valence-corrected chi connectivity index (χ3v) is 2.74. The SMILES string of the molecule is CC(O)CNC(=O)c1cccnc1Nc1ccccc1F. The van der Waals surface area contributed by atoms with Gasteiger partial charge in [0, 0.05) is 12.7 Å². The first kappa shape index (κ1) is 14.9. The topological polar surface area (TPSA) is 74.2 Å². The molecule has 2 aromatic rings. The van der Waals surface area contributed by atoms with E-state index in [1.807, 2.05) is 0 Å². The van der Waals surface area contributed by atoms with Gasteiger partial charge in [0.2, 0.25) is 0 Å². The first-order valence-electron chi connectivity index (χ1n) is 6.50. The Kier molecular flexibility index (Phi) is 4.84. The number of carbonyl (C=O) groups excluding carboxylic acids is 1. The van der Waals surface area contributed by atoms with Crippen LogP contribution in [0.1, 0.15) is 17.3 Å². The Morgan fingerprint density at radius 2 is 2.10 bits per heavy atom. The highest BCUT2D eigenvalue weighted by molar-refractivity contribution is 5.99. The van der Waals surface area contributed by atoms with Gasteiger partial charge in [-0.25, -0.2) is 9.37 Å². The van der Waals surface area contributed by atoms with Gasteiger partial charge in [-0.05, 0) is 31.2 Å². The highest BCUT2D eigenvalue weighted by atomic mass is 19.1. The molecule has 0 aliphatic carbocycles. The number of amides is 1. The van der Waals surface area contributed by atoms with Crippen LogP contribution in [0.3, 0.4) is 0 Å². The van der Waals surface area contributed by atoms with E-state index in [-0.39, 0.29) is 29.5 Å². The molecule has 0 fully saturated rings. The zero-order chi connectivity index (χ0) is 15.2. The number of benzene rings is 1. The molecule has 1 atom stereocenters. The van der Waals surface area contributed by atoms with E-state index in [0.717, 1.165) is 0 Å². The largest absolute Gasteiger partial charge is 0.392 e. The molecule has 1 amide bonds. The fraction of sp³-hybridized carbons (Fsp3) is 0.200. The molecule has 3 N–H and O–H groups in total. The van der Waals surface area contributed by atoms with Crippen molar-refractivity contribution in [1.29, 1.82) is 0 Å². The van der Waals surface area contributed by atoms with E-state index in [4.69, 9.17) is 0 Å². The van der Waals surface area contributed by atoms with Crippen LogP contribution in [-0.2, 0) is 0 Å². The van der Waals surface area contributed by atoms with Gasteiger partial charge in [-0.1, -0.05) is 12.1 Å². The van der Waals surface area contributed by atoms with E-state index in [0.29, 0.717) is 0 Å². The number of rotatable bonds is 5. The maximum atomic E-state index is 13.6. The lowest BCUT2D eigenvalue weighted by atomic mass is 10.2. The van der Waals surface area contributed by atoms with Gasteiger partial charge in [0.05, 0.1) is 17.4 Å². The fourth-order valence-corrected chi connectivity index (χ4v) is 1.71. The van der Waals surface area contributed by atoms with Crippen molar-refractivity contribution >= 4 is 17.4 Å². The van der Waals surface area contributed by atoms with Crippen molar-refractivity contribution in [3.8, 4) is 0 Å². The van der Waals surface area contributed by atoms with Gasteiger partial charge in [0.15, 0.2) is 0 Å². The lowest BCUT2D eigenvalue weighted by Gasteiger charge is -2.12. The van der Waals surface area contributed by atoms with Crippen LogP contribution in [0, 0.1) is 5.82 Å². The van der Waals surface area contributed by atoms with Crippen LogP contribution in [0.4, 0.5) is 15.9 Å². The number of aliphatic hydroxyl groups excluding tert-OH is 1. The Morgan fingerprint density at radius 3 is 2.81 bits per heavy atom. The lowest BCUT2D eigenvalue weighted by Crippen LogP contribution is -2.31. The van der Waals surface area contributed by atoms with Crippen LogP contribution >= 0.6 is 0 Å². The van der Waals surface area contributed by atoms with Crippen molar-refractivity contribution in [2.45, 2.75) is 13.0 Å². The molecular formula is C15H16FN3O2. The molecule has 0 aliphatic heterocycles. The molecule has 0 radical (unpaired) electrons. The van der Waals surface area contributed by atoms with Gasteiger partial charge in [0.25, 0.3) is 5.91 Å². The maximum absolute atomic E-state index is 13.6. The molecule has 1 aromatic carbocycles. The number of hydrogen-bond acceptors (Lipinski definition) is 4. The number of carbonyl (C=O) groups is 1. The van der Waals surface area contributed by atoms with Gasteiger partial charge >= 0.3 is 0 Å². The number of para-hydroxylation sites is 1. The molecule has 1 unspecified atom stereocenters. The van der Waals surface area contributed by atoms with Gasteiger partial charge in [-0.15, -0.1) is 0 Å². The summed E-state index contributed by atoms with van der Waals surface area (Å²) in [4.78, 5) is 16.1. The van der Waals surface area contributed by atoms with Gasteiger partial charge < -0.3 is 15.7 Å². The minimum absolute atomic E-state index is 0.132. The molecule has 0 aliphatic rings. The summed E-state index contributed by atoms with van der Waals surface area (Å²) in [6.45, 7) is 1.70. The van der Waals surface area contributed by atoms with Crippen LogP contribution in [0.15, 0.2) is 42.6 Å². The van der Waals surface area contributed by atoms with Crippen LogP contribution in [0.5, 0.6) is 0 Å². The molecule has 0 bridgehead atoms. The van der Waals surface area contributed by atoms with E-state index < -0.39 is 11.9 Å². The molecule has 0 saturated carbocycles. The number of anilines is 2. The van der Waals surface area contributed by atoms with Crippen LogP contribution < -0.4 is 10.6 Å². The summed E-state index contributed by atoms with van der Waals surface area (Å²) >= 11 is 0. The normalized spacial score (nSPS) is 11.8. The Bertz CT molecular complexity index is 632. The van der Waals surface area contributed by atoms with E-state index in [9.17, 15) is 14.3 Å². The third kappa shape index (κ3) is 4.00. The van der Waals surface area contributed by atoms with Crippen molar-refractivity contribution in [2.24, 2.45) is 0 Å². The van der Waals surface area contributed by atoms with Gasteiger partial charge in [-0.2, -0.15) is 0 Å². The minimum atomic E-state index is -0.645. The van der Waals surface area contributed by atoms with Crippen LogP contribution in [0.2, 0.25) is 0 Å². The Balaban J connectivity index is 2.21. The molecule has 6 heteroatoms. The molecular weight excluding hydrogens is 273 g/mol. The zero-order valence-corrected chi connectivity index (χ0v) is 11.5. The molecule has 21 heavy (non-hydrogen) atoms. The minimum Gasteiger partial charge on any atom is -0.392 e. The van der Waals surface area contributed by atoms with E-state index >= 15 is 0 Å². The Hall–Kier alpha value is -2.47. The van der Waals surface area contributed by atoms with Crippen molar-refractivity contribution < 1.29 is 14.3 Å². The first-order chi connectivity index (χ1) is 10.1. The van der Waals surface area contributed by atoms with E-state index in [2.05, 4.69) is 15.6 Å². The number of nitrogens with zero attached hydrogens (tertiary/aromatic N) is 1. The summed E-state index contributed by atoms with van der Waals surface area (Å²) in [7, 11) is 0. The number of nitrogens with one attached hydrogen (secondary N) is 2. The number of halogens is 1. The highest BCUT2D eigenvalue weighted by Crippen LogP contribution is 2.20. The summed E-state index contributed by atoms with van der Waals surface area (Å²) in [5.41, 5.74) is 0.516.